The highest BCUT2D eigenvalue weighted by Crippen LogP contribution is 2.09. The number of carboxylic acid groups (broad SMARTS) is 1. The van der Waals surface area contributed by atoms with Crippen LogP contribution in [0.1, 0.15) is 42.4 Å². The van der Waals surface area contributed by atoms with Crippen molar-refractivity contribution in [3.8, 4) is 0 Å². The monoisotopic (exact) mass is 275 g/mol. The summed E-state index contributed by atoms with van der Waals surface area (Å²) in [5, 5.41) is 13.3. The Bertz CT molecular complexity index is 672. The van der Waals surface area contributed by atoms with Gasteiger partial charge in [-0.25, -0.2) is 4.79 Å². The Morgan fingerprint density at radius 3 is 2.80 bits per heavy atom. The minimum Gasteiger partial charge on any atom is -0.478 e. The Labute approximate surface area is 116 Å². The van der Waals surface area contributed by atoms with Crippen LogP contribution < -0.4 is 5.56 Å². The molecule has 0 aliphatic heterocycles. The van der Waals surface area contributed by atoms with E-state index in [1.165, 1.54) is 22.9 Å². The van der Waals surface area contributed by atoms with Gasteiger partial charge in [0.1, 0.15) is 0 Å². The van der Waals surface area contributed by atoms with Gasteiger partial charge in [-0.05, 0) is 25.5 Å². The van der Waals surface area contributed by atoms with Gasteiger partial charge in [0, 0.05) is 24.5 Å². The number of rotatable bonds is 5. The summed E-state index contributed by atoms with van der Waals surface area (Å²) in [5.74, 6) is -1.05. The van der Waals surface area contributed by atoms with Crippen LogP contribution in [0.4, 0.5) is 0 Å². The van der Waals surface area contributed by atoms with E-state index in [-0.39, 0.29) is 17.7 Å². The molecule has 2 aromatic heterocycles. The van der Waals surface area contributed by atoms with Crippen molar-refractivity contribution in [3.63, 3.8) is 0 Å². The summed E-state index contributed by atoms with van der Waals surface area (Å²) in [7, 11) is 0. The number of aromatic nitrogens is 3. The van der Waals surface area contributed by atoms with Gasteiger partial charge in [0.05, 0.1) is 17.8 Å². The number of nitrogens with zero attached hydrogens (tertiary/aromatic N) is 3. The Hall–Kier alpha value is -2.37. The second-order valence-electron chi connectivity index (χ2n) is 4.73. The highest BCUT2D eigenvalue weighted by Gasteiger charge is 2.08. The molecule has 2 heterocycles. The van der Waals surface area contributed by atoms with Gasteiger partial charge in [0.2, 0.25) is 0 Å². The lowest BCUT2D eigenvalue weighted by atomic mass is 10.3. The molecule has 1 atom stereocenters. The Morgan fingerprint density at radius 2 is 2.15 bits per heavy atom. The maximum absolute atomic E-state index is 11.7. The van der Waals surface area contributed by atoms with E-state index in [1.54, 1.807) is 0 Å². The predicted octanol–water partition coefficient (Wildman–Crippen LogP) is 1.76. The maximum atomic E-state index is 11.7. The van der Waals surface area contributed by atoms with Crippen molar-refractivity contribution in [1.82, 2.24) is 14.3 Å². The molecular weight excluding hydrogens is 258 g/mol. The standard InChI is InChI=1S/C14H17N3O3/c1-3-10(2)17-7-6-12(15-17)9-16-8-11(14(19)20)4-5-13(16)18/h4-8,10H,3,9H2,1-2H3,(H,19,20). The molecule has 0 saturated heterocycles. The molecule has 1 unspecified atom stereocenters. The molecule has 0 aliphatic rings. The van der Waals surface area contributed by atoms with Gasteiger partial charge in [-0.15, -0.1) is 0 Å². The van der Waals surface area contributed by atoms with Crippen LogP contribution in [0.25, 0.3) is 0 Å². The summed E-state index contributed by atoms with van der Waals surface area (Å²) < 4.78 is 3.20. The Kier molecular flexibility index (Phi) is 4.02. The summed E-state index contributed by atoms with van der Waals surface area (Å²) in [6.45, 7) is 4.41. The van der Waals surface area contributed by atoms with E-state index in [2.05, 4.69) is 18.9 Å². The molecule has 6 heteroatoms. The average molecular weight is 275 g/mol. The maximum Gasteiger partial charge on any atom is 0.337 e. The molecule has 0 aromatic carbocycles. The normalized spacial score (nSPS) is 12.3. The van der Waals surface area contributed by atoms with E-state index >= 15 is 0 Å². The van der Waals surface area contributed by atoms with Crippen LogP contribution in [0, 0.1) is 0 Å². The zero-order valence-corrected chi connectivity index (χ0v) is 11.5. The molecule has 6 nitrogen and oxygen atoms in total. The van der Waals surface area contributed by atoms with Crippen LogP contribution in [-0.2, 0) is 6.54 Å². The van der Waals surface area contributed by atoms with Crippen LogP contribution in [0.5, 0.6) is 0 Å². The number of hydrogen-bond donors (Lipinski definition) is 1. The smallest absolute Gasteiger partial charge is 0.337 e. The minimum absolute atomic E-state index is 0.0889. The van der Waals surface area contributed by atoms with E-state index in [9.17, 15) is 9.59 Å². The first-order valence-corrected chi connectivity index (χ1v) is 6.49. The topological polar surface area (TPSA) is 77.1 Å². The van der Waals surface area contributed by atoms with Gasteiger partial charge in [-0.2, -0.15) is 5.10 Å². The highest BCUT2D eigenvalue weighted by molar-refractivity contribution is 5.87. The molecule has 0 aliphatic carbocycles. The quantitative estimate of drug-likeness (QED) is 0.902. The molecule has 20 heavy (non-hydrogen) atoms. The lowest BCUT2D eigenvalue weighted by Gasteiger charge is -2.08. The first-order valence-electron chi connectivity index (χ1n) is 6.49. The lowest BCUT2D eigenvalue weighted by molar-refractivity contribution is 0.0696. The molecule has 106 valence electrons. The number of carboxylic acids is 1. The van der Waals surface area contributed by atoms with Crippen LogP contribution >= 0.6 is 0 Å². The molecule has 0 bridgehead atoms. The Balaban J connectivity index is 2.25. The van der Waals surface area contributed by atoms with Crippen molar-refractivity contribution in [2.24, 2.45) is 0 Å². The first kappa shape index (κ1) is 14.0. The predicted molar refractivity (Wildman–Crippen MR) is 74.0 cm³/mol. The number of carbonyl (C=O) groups is 1. The summed E-state index contributed by atoms with van der Waals surface area (Å²) in [5.41, 5.74) is 0.578. The van der Waals surface area contributed by atoms with Crippen molar-refractivity contribution in [2.75, 3.05) is 0 Å². The van der Waals surface area contributed by atoms with Gasteiger partial charge < -0.3 is 9.67 Å². The number of aromatic carboxylic acids is 1. The average Bonchev–Trinajstić information content (AvgIpc) is 2.88. The largest absolute Gasteiger partial charge is 0.478 e. The fourth-order valence-electron chi connectivity index (χ4n) is 1.85. The van der Waals surface area contributed by atoms with Crippen molar-refractivity contribution < 1.29 is 9.90 Å². The minimum atomic E-state index is -1.05. The molecule has 2 aromatic rings. The molecule has 0 amide bonds. The van der Waals surface area contributed by atoms with E-state index in [4.69, 9.17) is 5.11 Å². The fraction of sp³-hybridized carbons (Fsp3) is 0.357. The summed E-state index contributed by atoms with van der Waals surface area (Å²) in [6.07, 6.45) is 4.18. The number of pyridine rings is 1. The second-order valence-corrected chi connectivity index (χ2v) is 4.73. The third-order valence-electron chi connectivity index (χ3n) is 3.27. The van der Waals surface area contributed by atoms with Crippen LogP contribution in [0.3, 0.4) is 0 Å². The van der Waals surface area contributed by atoms with E-state index in [0.29, 0.717) is 6.04 Å². The van der Waals surface area contributed by atoms with Crippen LogP contribution in [0.15, 0.2) is 35.4 Å². The van der Waals surface area contributed by atoms with Crippen molar-refractivity contribution in [2.45, 2.75) is 32.9 Å². The summed E-state index contributed by atoms with van der Waals surface area (Å²) >= 11 is 0. The molecule has 0 fully saturated rings. The van der Waals surface area contributed by atoms with E-state index in [1.807, 2.05) is 16.9 Å². The Morgan fingerprint density at radius 1 is 1.40 bits per heavy atom. The van der Waals surface area contributed by atoms with Gasteiger partial charge in [0.15, 0.2) is 0 Å². The van der Waals surface area contributed by atoms with Crippen molar-refractivity contribution in [1.29, 1.82) is 0 Å². The van der Waals surface area contributed by atoms with E-state index < -0.39 is 5.97 Å². The lowest BCUT2D eigenvalue weighted by Crippen LogP contribution is -2.21. The zero-order valence-electron chi connectivity index (χ0n) is 11.5. The molecular formula is C14H17N3O3. The molecule has 0 spiro atoms. The molecule has 0 radical (unpaired) electrons. The fourth-order valence-corrected chi connectivity index (χ4v) is 1.85. The van der Waals surface area contributed by atoms with Crippen LogP contribution in [0.2, 0.25) is 0 Å². The van der Waals surface area contributed by atoms with Crippen molar-refractivity contribution in [3.05, 3.63) is 52.2 Å². The SMILES string of the molecule is CCC(C)n1ccc(Cn2cc(C(=O)O)ccc2=O)n1. The highest BCUT2D eigenvalue weighted by atomic mass is 16.4. The van der Waals surface area contributed by atoms with Crippen LogP contribution in [-0.4, -0.2) is 25.4 Å². The molecule has 0 saturated carbocycles. The first-order chi connectivity index (χ1) is 9.51. The third-order valence-corrected chi connectivity index (χ3v) is 3.27. The van der Waals surface area contributed by atoms with Gasteiger partial charge >= 0.3 is 5.97 Å². The molecule has 2 rings (SSSR count). The van der Waals surface area contributed by atoms with E-state index in [0.717, 1.165) is 12.1 Å². The second kappa shape index (κ2) is 5.73. The van der Waals surface area contributed by atoms with Crippen molar-refractivity contribution >= 4 is 5.97 Å². The van der Waals surface area contributed by atoms with Gasteiger partial charge in [-0.1, -0.05) is 6.92 Å². The third kappa shape index (κ3) is 2.96. The number of hydrogen-bond acceptors (Lipinski definition) is 3. The van der Waals surface area contributed by atoms with Gasteiger partial charge in [-0.3, -0.25) is 9.48 Å². The molecule has 1 N–H and O–H groups in total. The van der Waals surface area contributed by atoms with Gasteiger partial charge in [0.25, 0.3) is 5.56 Å². The summed E-state index contributed by atoms with van der Waals surface area (Å²) in [6, 6.07) is 4.70. The summed E-state index contributed by atoms with van der Waals surface area (Å²) in [4.78, 5) is 22.6. The zero-order chi connectivity index (χ0) is 14.7.